The van der Waals surface area contributed by atoms with Crippen molar-refractivity contribution in [1.29, 1.82) is 5.41 Å². The van der Waals surface area contributed by atoms with Gasteiger partial charge in [-0.1, -0.05) is 49.6 Å². The molecular weight excluding hydrogens is 572 g/mol. The van der Waals surface area contributed by atoms with Gasteiger partial charge in [-0.2, -0.15) is 4.72 Å². The first-order valence-electron chi connectivity index (χ1n) is 14.8. The number of nitrogens with zero attached hydrogens (tertiary/aromatic N) is 3. The summed E-state index contributed by atoms with van der Waals surface area (Å²) in [5.74, 6) is -2.29. The van der Waals surface area contributed by atoms with Crippen LogP contribution in [-0.4, -0.2) is 97.3 Å². The number of sulfonamides is 1. The highest BCUT2D eigenvalue weighted by molar-refractivity contribution is 7.89. The Morgan fingerprint density at radius 3 is 2.33 bits per heavy atom. The zero-order valence-corrected chi connectivity index (χ0v) is 25.4. The summed E-state index contributed by atoms with van der Waals surface area (Å²) in [6, 6.07) is 10.2. The molecule has 0 radical (unpaired) electrons. The molecule has 5 N–H and O–H groups in total. The molecule has 234 valence electrons. The molecule has 2 aromatic rings. The first-order valence-corrected chi connectivity index (χ1v) is 16.3. The molecular formula is C30H42N6O6S. The third kappa shape index (κ3) is 8.44. The van der Waals surface area contributed by atoms with E-state index in [0.717, 1.165) is 37.5 Å². The van der Waals surface area contributed by atoms with Gasteiger partial charge in [0.15, 0.2) is 5.96 Å². The first-order chi connectivity index (χ1) is 20.4. The van der Waals surface area contributed by atoms with Gasteiger partial charge in [-0.15, -0.1) is 0 Å². The smallest absolute Gasteiger partial charge is 0.323 e. The van der Waals surface area contributed by atoms with E-state index in [1.807, 2.05) is 12.1 Å². The first kappa shape index (κ1) is 32.2. The van der Waals surface area contributed by atoms with Gasteiger partial charge in [0, 0.05) is 32.7 Å². The van der Waals surface area contributed by atoms with Crippen molar-refractivity contribution in [3.63, 3.8) is 0 Å². The van der Waals surface area contributed by atoms with Gasteiger partial charge in [0.25, 0.3) is 0 Å². The van der Waals surface area contributed by atoms with Crippen LogP contribution in [0.25, 0.3) is 10.8 Å². The second-order valence-electron chi connectivity index (χ2n) is 11.6. The number of amides is 2. The molecule has 2 amide bonds. The predicted molar refractivity (Wildman–Crippen MR) is 163 cm³/mol. The molecule has 0 aromatic heterocycles. The quantitative estimate of drug-likeness (QED) is 0.220. The molecule has 2 aliphatic rings. The van der Waals surface area contributed by atoms with Crippen LogP contribution in [0, 0.1) is 11.3 Å². The number of rotatable bonds is 11. The largest absolute Gasteiger partial charge is 0.480 e. The van der Waals surface area contributed by atoms with Crippen molar-refractivity contribution < 1.29 is 27.9 Å². The number of aliphatic carboxylic acids is 1. The second-order valence-corrected chi connectivity index (χ2v) is 13.3. The van der Waals surface area contributed by atoms with E-state index >= 15 is 0 Å². The zero-order chi connectivity index (χ0) is 31.1. The van der Waals surface area contributed by atoms with Crippen molar-refractivity contribution in [1.82, 2.24) is 19.4 Å². The number of benzene rings is 2. The van der Waals surface area contributed by atoms with Gasteiger partial charge < -0.3 is 25.5 Å². The fourth-order valence-electron chi connectivity index (χ4n) is 6.08. The minimum Gasteiger partial charge on any atom is -0.480 e. The lowest BCUT2D eigenvalue weighted by Crippen LogP contribution is -2.54. The number of carbonyl (C=O) groups excluding carboxylic acids is 2. The van der Waals surface area contributed by atoms with Crippen molar-refractivity contribution in [2.75, 3.05) is 33.2 Å². The average Bonchev–Trinajstić information content (AvgIpc) is 2.99. The van der Waals surface area contributed by atoms with Gasteiger partial charge in [-0.3, -0.25) is 19.8 Å². The predicted octanol–water partition coefficient (Wildman–Crippen LogP) is 2.19. The maximum Gasteiger partial charge on any atom is 0.323 e. The summed E-state index contributed by atoms with van der Waals surface area (Å²) in [4.78, 5) is 43.6. The topological polar surface area (TPSA) is 177 Å². The number of likely N-dealkylation sites (tertiary alicyclic amines) is 1. The summed E-state index contributed by atoms with van der Waals surface area (Å²) in [5.41, 5.74) is 5.59. The summed E-state index contributed by atoms with van der Waals surface area (Å²) in [6.45, 7) is 0.606. The summed E-state index contributed by atoms with van der Waals surface area (Å²) < 4.78 is 29.7. The molecule has 1 saturated heterocycles. The van der Waals surface area contributed by atoms with E-state index < -0.39 is 46.8 Å². The Kier molecular flexibility index (Phi) is 10.6. The molecule has 0 bridgehead atoms. The van der Waals surface area contributed by atoms with E-state index in [9.17, 15) is 27.9 Å². The average molecular weight is 615 g/mol. The zero-order valence-electron chi connectivity index (χ0n) is 24.6. The number of guanidine groups is 1. The molecule has 13 heteroatoms. The second kappa shape index (κ2) is 14.2. The lowest BCUT2D eigenvalue weighted by molar-refractivity contribution is -0.146. The minimum atomic E-state index is -4.26. The van der Waals surface area contributed by atoms with Crippen LogP contribution in [0.15, 0.2) is 47.4 Å². The van der Waals surface area contributed by atoms with Crippen LogP contribution in [0.3, 0.4) is 0 Å². The van der Waals surface area contributed by atoms with Gasteiger partial charge in [0.05, 0.1) is 11.3 Å². The number of carboxylic acid groups (broad SMARTS) is 1. The molecule has 2 fully saturated rings. The summed E-state index contributed by atoms with van der Waals surface area (Å²) >= 11 is 0. The standard InChI is InChI=1S/C30H42N6O6S/c1-34(24-13-15-35(16-14-24)30(31)32)27(37)18-26(29(40)36(20-28(38)39)19-21-7-3-2-4-8-21)33-43(41,42)25-12-11-22-9-5-6-10-23(22)17-25/h5-6,9-12,17,21,24,26,33H,2-4,7-8,13-16,18-20H2,1H3,(H3,31,32)(H,38,39)/t26-/m0/s1. The number of carbonyl (C=O) groups is 3. The van der Waals surface area contributed by atoms with Crippen LogP contribution >= 0.6 is 0 Å². The van der Waals surface area contributed by atoms with Gasteiger partial charge in [-0.25, -0.2) is 8.42 Å². The number of hydrogen-bond acceptors (Lipinski definition) is 6. The maximum absolute atomic E-state index is 13.9. The van der Waals surface area contributed by atoms with Gasteiger partial charge in [0.2, 0.25) is 21.8 Å². The fourth-order valence-corrected chi connectivity index (χ4v) is 7.31. The highest BCUT2D eigenvalue weighted by atomic mass is 32.2. The lowest BCUT2D eigenvalue weighted by atomic mass is 9.89. The maximum atomic E-state index is 13.9. The number of fused-ring (bicyclic) bond motifs is 1. The molecule has 1 heterocycles. The Balaban J connectivity index is 1.58. The molecule has 4 rings (SSSR count). The van der Waals surface area contributed by atoms with Crippen molar-refractivity contribution in [3.05, 3.63) is 42.5 Å². The number of carboxylic acids is 1. The van der Waals surface area contributed by atoms with E-state index in [0.29, 0.717) is 31.3 Å². The van der Waals surface area contributed by atoms with E-state index in [1.165, 1.54) is 21.9 Å². The lowest BCUT2D eigenvalue weighted by Gasteiger charge is -2.37. The Labute approximate surface area is 252 Å². The fraction of sp³-hybridized carbons (Fsp3) is 0.533. The molecule has 12 nitrogen and oxygen atoms in total. The molecule has 1 aliphatic carbocycles. The van der Waals surface area contributed by atoms with Gasteiger partial charge in [0.1, 0.15) is 12.6 Å². The third-order valence-electron chi connectivity index (χ3n) is 8.59. The van der Waals surface area contributed by atoms with Crippen molar-refractivity contribution in [3.8, 4) is 0 Å². The Hall–Kier alpha value is -3.71. The molecule has 1 saturated carbocycles. The van der Waals surface area contributed by atoms with Gasteiger partial charge >= 0.3 is 5.97 Å². The van der Waals surface area contributed by atoms with Crippen LogP contribution < -0.4 is 10.5 Å². The minimum absolute atomic E-state index is 0.0299. The number of nitrogens with two attached hydrogens (primary N) is 1. The summed E-state index contributed by atoms with van der Waals surface area (Å²) in [5, 5.41) is 18.8. The van der Waals surface area contributed by atoms with E-state index in [2.05, 4.69) is 4.72 Å². The van der Waals surface area contributed by atoms with Crippen molar-refractivity contribution >= 4 is 44.5 Å². The Morgan fingerprint density at radius 2 is 1.70 bits per heavy atom. The highest BCUT2D eigenvalue weighted by Gasteiger charge is 2.35. The van der Waals surface area contributed by atoms with Crippen LogP contribution in [0.2, 0.25) is 0 Å². The van der Waals surface area contributed by atoms with Gasteiger partial charge in [-0.05, 0) is 54.5 Å². The molecule has 0 spiro atoms. The summed E-state index contributed by atoms with van der Waals surface area (Å²) in [6.07, 6.45) is 5.45. The Bertz CT molecular complexity index is 1440. The van der Waals surface area contributed by atoms with E-state index in [1.54, 1.807) is 30.1 Å². The van der Waals surface area contributed by atoms with E-state index in [4.69, 9.17) is 11.1 Å². The number of piperidine rings is 1. The SMILES string of the molecule is CN(C(=O)C[C@H](NS(=O)(=O)c1ccc2ccccc2c1)C(=O)N(CC(=O)O)CC1CCCCC1)C1CCN(C(=N)N)CC1. The highest BCUT2D eigenvalue weighted by Crippen LogP contribution is 2.26. The normalized spacial score (nSPS) is 17.4. The Morgan fingerprint density at radius 1 is 1.05 bits per heavy atom. The molecule has 43 heavy (non-hydrogen) atoms. The van der Waals surface area contributed by atoms with Crippen LogP contribution in [0.5, 0.6) is 0 Å². The molecule has 1 atom stereocenters. The number of nitrogens with one attached hydrogen (secondary N) is 2. The molecule has 2 aromatic carbocycles. The molecule has 1 aliphatic heterocycles. The summed E-state index contributed by atoms with van der Waals surface area (Å²) in [7, 11) is -2.65. The van der Waals surface area contributed by atoms with Crippen molar-refractivity contribution in [2.45, 2.75) is 68.3 Å². The molecule has 0 unspecified atom stereocenters. The van der Waals surface area contributed by atoms with Crippen LogP contribution in [0.4, 0.5) is 0 Å². The van der Waals surface area contributed by atoms with Crippen LogP contribution in [0.1, 0.15) is 51.4 Å². The van der Waals surface area contributed by atoms with E-state index in [-0.39, 0.29) is 29.4 Å². The van der Waals surface area contributed by atoms with Crippen molar-refractivity contribution in [2.24, 2.45) is 11.7 Å². The van der Waals surface area contributed by atoms with Crippen LogP contribution in [-0.2, 0) is 24.4 Å². The number of hydrogen-bond donors (Lipinski definition) is 4. The monoisotopic (exact) mass is 614 g/mol. The third-order valence-corrected chi connectivity index (χ3v) is 10.1.